The summed E-state index contributed by atoms with van der Waals surface area (Å²) in [6, 6.07) is 6.89. The highest BCUT2D eigenvalue weighted by atomic mass is 19.4. The van der Waals surface area contributed by atoms with Crippen molar-refractivity contribution in [3.8, 4) is 0 Å². The molecule has 1 aliphatic rings. The molecule has 1 saturated heterocycles. The minimum atomic E-state index is -4.61. The van der Waals surface area contributed by atoms with Crippen molar-refractivity contribution < 1.29 is 18.3 Å². The molecular formula is C16H22F3NO. The van der Waals surface area contributed by atoms with E-state index in [1.165, 1.54) is 0 Å². The van der Waals surface area contributed by atoms with E-state index in [0.717, 1.165) is 30.9 Å². The lowest BCUT2D eigenvalue weighted by molar-refractivity contribution is -0.277. The number of halogens is 3. The van der Waals surface area contributed by atoms with E-state index in [4.69, 9.17) is 0 Å². The highest BCUT2D eigenvalue weighted by Crippen LogP contribution is 2.38. The van der Waals surface area contributed by atoms with E-state index in [-0.39, 0.29) is 0 Å². The normalized spacial score (nSPS) is 23.8. The Kier molecular flexibility index (Phi) is 4.63. The first kappa shape index (κ1) is 16.3. The summed E-state index contributed by atoms with van der Waals surface area (Å²) in [5.41, 5.74) is -0.570. The van der Waals surface area contributed by atoms with Gasteiger partial charge in [0.15, 0.2) is 5.60 Å². The highest BCUT2D eigenvalue weighted by molar-refractivity contribution is 5.21. The zero-order valence-electron chi connectivity index (χ0n) is 12.5. The summed E-state index contributed by atoms with van der Waals surface area (Å²) in [6.45, 7) is 3.90. The number of alkyl halides is 3. The monoisotopic (exact) mass is 301 g/mol. The van der Waals surface area contributed by atoms with Crippen LogP contribution in [0.5, 0.6) is 0 Å². The molecule has 1 aromatic carbocycles. The van der Waals surface area contributed by atoms with Crippen LogP contribution >= 0.6 is 0 Å². The van der Waals surface area contributed by atoms with Crippen molar-refractivity contribution >= 4 is 0 Å². The maximum Gasteiger partial charge on any atom is 0.418 e. The summed E-state index contributed by atoms with van der Waals surface area (Å²) in [7, 11) is 0. The maximum atomic E-state index is 13.1. The van der Waals surface area contributed by atoms with Gasteiger partial charge in [0.05, 0.1) is 0 Å². The summed E-state index contributed by atoms with van der Waals surface area (Å²) in [4.78, 5) is 1.77. The third-order valence-electron chi connectivity index (χ3n) is 4.34. The Balaban J connectivity index is 2.17. The summed E-state index contributed by atoms with van der Waals surface area (Å²) in [5, 5.41) is 10.0. The van der Waals surface area contributed by atoms with Gasteiger partial charge in [-0.15, -0.1) is 0 Å². The van der Waals surface area contributed by atoms with Gasteiger partial charge < -0.3 is 5.11 Å². The molecule has 2 nitrogen and oxygen atoms in total. The van der Waals surface area contributed by atoms with Gasteiger partial charge in [-0.1, -0.05) is 36.2 Å². The van der Waals surface area contributed by atoms with Gasteiger partial charge in [0.1, 0.15) is 0 Å². The van der Waals surface area contributed by atoms with E-state index in [2.05, 4.69) is 0 Å². The molecule has 118 valence electrons. The molecule has 0 radical (unpaired) electrons. The van der Waals surface area contributed by atoms with E-state index in [9.17, 15) is 18.3 Å². The predicted octanol–water partition coefficient (Wildman–Crippen LogP) is 3.66. The van der Waals surface area contributed by atoms with Crippen molar-refractivity contribution in [3.05, 3.63) is 35.4 Å². The largest absolute Gasteiger partial charge is 0.418 e. The second kappa shape index (κ2) is 5.97. The van der Waals surface area contributed by atoms with Crippen molar-refractivity contribution in [2.24, 2.45) is 0 Å². The molecule has 1 fully saturated rings. The van der Waals surface area contributed by atoms with Gasteiger partial charge in [0.25, 0.3) is 0 Å². The van der Waals surface area contributed by atoms with Crippen molar-refractivity contribution in [3.63, 3.8) is 0 Å². The van der Waals surface area contributed by atoms with Crippen LogP contribution in [0.3, 0.4) is 0 Å². The molecule has 1 N–H and O–H groups in total. The summed E-state index contributed by atoms with van der Waals surface area (Å²) in [6.07, 6.45) is -2.64. The molecule has 0 amide bonds. The van der Waals surface area contributed by atoms with E-state index >= 15 is 0 Å². The fraction of sp³-hybridized carbons (Fsp3) is 0.625. The molecule has 0 aliphatic carbocycles. The molecule has 5 heteroatoms. The number of benzene rings is 1. The van der Waals surface area contributed by atoms with Crippen LogP contribution in [-0.2, 0) is 6.54 Å². The first-order valence-electron chi connectivity index (χ1n) is 7.30. The van der Waals surface area contributed by atoms with Crippen molar-refractivity contribution in [1.29, 1.82) is 0 Å². The van der Waals surface area contributed by atoms with Gasteiger partial charge in [-0.05, 0) is 38.8 Å². The average Bonchev–Trinajstić information content (AvgIpc) is 2.40. The lowest BCUT2D eigenvalue weighted by Crippen LogP contribution is -2.60. The molecular weight excluding hydrogens is 279 g/mol. The molecule has 2 rings (SSSR count). The van der Waals surface area contributed by atoms with Gasteiger partial charge in [0.2, 0.25) is 0 Å². The fourth-order valence-electron chi connectivity index (χ4n) is 2.93. The molecule has 0 spiro atoms. The van der Waals surface area contributed by atoms with Gasteiger partial charge in [-0.3, -0.25) is 4.90 Å². The number of rotatable bonds is 3. The lowest BCUT2D eigenvalue weighted by atomic mass is 9.86. The molecule has 0 saturated carbocycles. The second-order valence-electron chi connectivity index (χ2n) is 6.11. The van der Waals surface area contributed by atoms with Crippen LogP contribution in [0.1, 0.15) is 37.3 Å². The molecule has 0 bridgehead atoms. The predicted molar refractivity (Wildman–Crippen MR) is 75.9 cm³/mol. The quantitative estimate of drug-likeness (QED) is 0.921. The van der Waals surface area contributed by atoms with Gasteiger partial charge in [-0.2, -0.15) is 13.2 Å². The standard InChI is InChI=1S/C16H22F3NO/c1-12-6-8-13(9-7-12)11-20-10-4-3-5-14(20)15(2,21)16(17,18)19/h6-9,14,21H,3-5,10-11H2,1-2H3. The molecule has 1 heterocycles. The second-order valence-corrected chi connectivity index (χ2v) is 6.11. The Labute approximate surface area is 123 Å². The van der Waals surface area contributed by atoms with Crippen LogP contribution in [-0.4, -0.2) is 34.4 Å². The van der Waals surface area contributed by atoms with Crippen molar-refractivity contribution in [2.75, 3.05) is 6.54 Å². The first-order valence-corrected chi connectivity index (χ1v) is 7.30. The van der Waals surface area contributed by atoms with Crippen LogP contribution in [0.2, 0.25) is 0 Å². The molecule has 1 aromatic rings. The zero-order chi connectivity index (χ0) is 15.7. The molecule has 2 atom stereocenters. The van der Waals surface area contributed by atoms with Crippen molar-refractivity contribution in [1.82, 2.24) is 4.90 Å². The van der Waals surface area contributed by atoms with Crippen LogP contribution in [0.4, 0.5) is 13.2 Å². The Morgan fingerprint density at radius 3 is 2.38 bits per heavy atom. The average molecular weight is 301 g/mol. The molecule has 21 heavy (non-hydrogen) atoms. The minimum absolute atomic E-state index is 0.373. The first-order chi connectivity index (χ1) is 9.72. The number of nitrogens with zero attached hydrogens (tertiary/aromatic N) is 1. The maximum absolute atomic E-state index is 13.1. The number of hydrogen-bond acceptors (Lipinski definition) is 2. The Hall–Kier alpha value is -1.07. The smallest absolute Gasteiger partial charge is 0.379 e. The third-order valence-corrected chi connectivity index (χ3v) is 4.34. The molecule has 1 aliphatic heterocycles. The number of aryl methyl sites for hydroxylation is 1. The van der Waals surface area contributed by atoms with E-state index < -0.39 is 17.8 Å². The van der Waals surface area contributed by atoms with Crippen LogP contribution in [0.15, 0.2) is 24.3 Å². The minimum Gasteiger partial charge on any atom is -0.379 e. The summed E-state index contributed by atoms with van der Waals surface area (Å²) in [5.74, 6) is 0. The number of aliphatic hydroxyl groups is 1. The van der Waals surface area contributed by atoms with Gasteiger partial charge in [-0.25, -0.2) is 0 Å². The number of hydrogen-bond donors (Lipinski definition) is 1. The Bertz CT molecular complexity index is 467. The van der Waals surface area contributed by atoms with Gasteiger partial charge >= 0.3 is 6.18 Å². The molecule has 0 aromatic heterocycles. The Morgan fingerprint density at radius 1 is 1.19 bits per heavy atom. The number of likely N-dealkylation sites (tertiary alicyclic amines) is 1. The van der Waals surface area contributed by atoms with Gasteiger partial charge in [0, 0.05) is 12.6 Å². The van der Waals surface area contributed by atoms with Crippen molar-refractivity contribution in [2.45, 2.75) is 57.5 Å². The van der Waals surface area contributed by atoms with Crippen LogP contribution < -0.4 is 0 Å². The lowest BCUT2D eigenvalue weighted by Gasteiger charge is -2.44. The van der Waals surface area contributed by atoms with E-state index in [1.807, 2.05) is 31.2 Å². The summed E-state index contributed by atoms with van der Waals surface area (Å²) < 4.78 is 39.3. The highest BCUT2D eigenvalue weighted by Gasteiger charge is 2.56. The summed E-state index contributed by atoms with van der Waals surface area (Å²) >= 11 is 0. The topological polar surface area (TPSA) is 23.5 Å². The third kappa shape index (κ3) is 3.58. The van der Waals surface area contributed by atoms with Crippen LogP contribution in [0.25, 0.3) is 0 Å². The van der Waals surface area contributed by atoms with E-state index in [0.29, 0.717) is 19.5 Å². The van der Waals surface area contributed by atoms with Crippen LogP contribution in [0, 0.1) is 6.92 Å². The Morgan fingerprint density at radius 2 is 1.81 bits per heavy atom. The van der Waals surface area contributed by atoms with E-state index in [1.54, 1.807) is 4.90 Å². The number of piperidine rings is 1. The molecule has 2 unspecified atom stereocenters. The zero-order valence-corrected chi connectivity index (χ0v) is 12.5. The fourth-order valence-corrected chi connectivity index (χ4v) is 2.93. The SMILES string of the molecule is Cc1ccc(CN2CCCCC2C(C)(O)C(F)(F)F)cc1.